The number of ketones is 1. The fourth-order valence-electron chi connectivity index (χ4n) is 2.83. The van der Waals surface area contributed by atoms with Crippen LogP contribution in [0.25, 0.3) is 26.3 Å². The highest BCUT2D eigenvalue weighted by Crippen LogP contribution is 2.33. The van der Waals surface area contributed by atoms with Crippen molar-refractivity contribution in [1.82, 2.24) is 9.55 Å². The molecule has 28 heavy (non-hydrogen) atoms. The molecule has 0 saturated heterocycles. The lowest BCUT2D eigenvalue weighted by molar-refractivity contribution is -0.116. The third-order valence-electron chi connectivity index (χ3n) is 4.46. The number of carbonyl (C=O) groups is 1. The smallest absolute Gasteiger partial charge is 0.267 e. The molecule has 2 heterocycles. The van der Waals surface area contributed by atoms with Crippen LogP contribution >= 0.6 is 23.1 Å². The fourth-order valence-corrected chi connectivity index (χ4v) is 4.84. The van der Waals surface area contributed by atoms with Crippen LogP contribution in [-0.2, 0) is 4.79 Å². The van der Waals surface area contributed by atoms with E-state index in [9.17, 15) is 9.59 Å². The first-order chi connectivity index (χ1) is 13.5. The first-order valence-electron chi connectivity index (χ1n) is 8.89. The number of Topliss-reactive ketones (excluding diaryl/α,β-unsaturated/α-hetero) is 1. The molecule has 0 bridgehead atoms. The Morgan fingerprint density at radius 2 is 1.71 bits per heavy atom. The maximum atomic E-state index is 13.4. The molecule has 0 spiro atoms. The van der Waals surface area contributed by atoms with Crippen LogP contribution in [0.5, 0.6) is 0 Å². The largest absolute Gasteiger partial charge is 0.299 e. The van der Waals surface area contributed by atoms with Crippen LogP contribution in [0, 0.1) is 0 Å². The standard InChI is InChI=1S/C22H18N2O2S2/c1-14(25)15(2)27-22-23-20-18(13-19(28-20)16-9-5-3-6-10-16)21(26)24(22)17-11-7-4-8-12-17/h3-13,15H,1-2H3. The summed E-state index contributed by atoms with van der Waals surface area (Å²) in [7, 11) is 0. The van der Waals surface area contributed by atoms with E-state index in [-0.39, 0.29) is 16.6 Å². The molecule has 0 amide bonds. The quantitative estimate of drug-likeness (QED) is 0.338. The number of benzene rings is 2. The minimum Gasteiger partial charge on any atom is -0.299 e. The molecule has 4 rings (SSSR count). The molecule has 0 fully saturated rings. The Bertz CT molecular complexity index is 1200. The second-order valence-electron chi connectivity index (χ2n) is 6.44. The van der Waals surface area contributed by atoms with Crippen LogP contribution in [0.15, 0.2) is 76.7 Å². The number of rotatable bonds is 5. The molecule has 140 valence electrons. The highest BCUT2D eigenvalue weighted by molar-refractivity contribution is 8.00. The molecule has 1 atom stereocenters. The second-order valence-corrected chi connectivity index (χ2v) is 8.78. The van der Waals surface area contributed by atoms with Gasteiger partial charge in [-0.2, -0.15) is 0 Å². The highest BCUT2D eigenvalue weighted by Gasteiger charge is 2.19. The van der Waals surface area contributed by atoms with Gasteiger partial charge in [0.05, 0.1) is 16.3 Å². The average molecular weight is 407 g/mol. The van der Waals surface area contributed by atoms with Gasteiger partial charge in [0.15, 0.2) is 5.16 Å². The van der Waals surface area contributed by atoms with Gasteiger partial charge in [0.2, 0.25) is 0 Å². The summed E-state index contributed by atoms with van der Waals surface area (Å²) >= 11 is 2.81. The molecular formula is C22H18N2O2S2. The van der Waals surface area contributed by atoms with Gasteiger partial charge in [-0.15, -0.1) is 11.3 Å². The number of fused-ring (bicyclic) bond motifs is 1. The average Bonchev–Trinajstić information content (AvgIpc) is 3.14. The summed E-state index contributed by atoms with van der Waals surface area (Å²) in [5.41, 5.74) is 1.68. The SMILES string of the molecule is CC(=O)C(C)Sc1nc2sc(-c3ccccc3)cc2c(=O)n1-c1ccccc1. The van der Waals surface area contributed by atoms with Gasteiger partial charge < -0.3 is 0 Å². The Morgan fingerprint density at radius 1 is 1.07 bits per heavy atom. The molecule has 0 radical (unpaired) electrons. The summed E-state index contributed by atoms with van der Waals surface area (Å²) in [6, 6.07) is 21.3. The molecule has 0 aliphatic heterocycles. The van der Waals surface area contributed by atoms with Gasteiger partial charge in [-0.3, -0.25) is 14.2 Å². The number of para-hydroxylation sites is 1. The minimum atomic E-state index is -0.284. The highest BCUT2D eigenvalue weighted by atomic mass is 32.2. The number of carbonyl (C=O) groups excluding carboxylic acids is 1. The van der Waals surface area contributed by atoms with Crippen LogP contribution in [0.4, 0.5) is 0 Å². The van der Waals surface area contributed by atoms with Crippen LogP contribution in [-0.4, -0.2) is 20.6 Å². The third-order valence-corrected chi connectivity index (χ3v) is 6.71. The lowest BCUT2D eigenvalue weighted by Gasteiger charge is -2.14. The van der Waals surface area contributed by atoms with Crippen molar-refractivity contribution in [2.24, 2.45) is 0 Å². The van der Waals surface area contributed by atoms with Crippen LogP contribution < -0.4 is 5.56 Å². The van der Waals surface area contributed by atoms with Crippen molar-refractivity contribution in [1.29, 1.82) is 0 Å². The second kappa shape index (κ2) is 7.73. The third kappa shape index (κ3) is 3.53. The number of hydrogen-bond acceptors (Lipinski definition) is 5. The Hall–Kier alpha value is -2.70. The van der Waals surface area contributed by atoms with Crippen molar-refractivity contribution in [2.45, 2.75) is 24.3 Å². The van der Waals surface area contributed by atoms with E-state index in [4.69, 9.17) is 4.98 Å². The van der Waals surface area contributed by atoms with Crippen molar-refractivity contribution in [2.75, 3.05) is 0 Å². The van der Waals surface area contributed by atoms with Crippen LogP contribution in [0.1, 0.15) is 13.8 Å². The van der Waals surface area contributed by atoms with Gasteiger partial charge in [0.25, 0.3) is 5.56 Å². The zero-order valence-electron chi connectivity index (χ0n) is 15.5. The van der Waals surface area contributed by atoms with Gasteiger partial charge in [0.1, 0.15) is 10.6 Å². The van der Waals surface area contributed by atoms with E-state index in [1.807, 2.05) is 73.7 Å². The first kappa shape index (κ1) is 18.7. The number of thiophene rings is 1. The summed E-state index contributed by atoms with van der Waals surface area (Å²) in [6.07, 6.45) is 0. The van der Waals surface area contributed by atoms with Gasteiger partial charge in [-0.05, 0) is 37.6 Å². The zero-order valence-corrected chi connectivity index (χ0v) is 17.1. The molecule has 4 nitrogen and oxygen atoms in total. The lowest BCUT2D eigenvalue weighted by atomic mass is 10.2. The molecule has 0 aliphatic rings. The van der Waals surface area contributed by atoms with Crippen molar-refractivity contribution < 1.29 is 4.79 Å². The van der Waals surface area contributed by atoms with Gasteiger partial charge in [0, 0.05) is 4.88 Å². The predicted octanol–water partition coefficient (Wildman–Crippen LogP) is 5.18. The van der Waals surface area contributed by atoms with Gasteiger partial charge in [-0.1, -0.05) is 60.3 Å². The maximum Gasteiger partial charge on any atom is 0.267 e. The van der Waals surface area contributed by atoms with E-state index in [1.165, 1.54) is 23.1 Å². The first-order valence-corrected chi connectivity index (χ1v) is 10.6. The van der Waals surface area contributed by atoms with E-state index in [1.54, 1.807) is 11.5 Å². The van der Waals surface area contributed by atoms with E-state index < -0.39 is 0 Å². The number of aromatic nitrogens is 2. The Kier molecular flexibility index (Phi) is 5.15. The van der Waals surface area contributed by atoms with Crippen molar-refractivity contribution in [3.05, 3.63) is 77.1 Å². The van der Waals surface area contributed by atoms with Crippen LogP contribution in [0.3, 0.4) is 0 Å². The fraction of sp³-hybridized carbons (Fsp3) is 0.136. The van der Waals surface area contributed by atoms with E-state index >= 15 is 0 Å². The monoisotopic (exact) mass is 406 g/mol. The topological polar surface area (TPSA) is 52.0 Å². The normalized spacial score (nSPS) is 12.2. The lowest BCUT2D eigenvalue weighted by Crippen LogP contribution is -2.22. The number of nitrogens with zero attached hydrogens (tertiary/aromatic N) is 2. The summed E-state index contributed by atoms with van der Waals surface area (Å²) in [4.78, 5) is 31.6. The zero-order chi connectivity index (χ0) is 19.7. The summed E-state index contributed by atoms with van der Waals surface area (Å²) in [5.74, 6) is 0.0510. The summed E-state index contributed by atoms with van der Waals surface area (Å²) in [6.45, 7) is 3.39. The van der Waals surface area contributed by atoms with E-state index in [0.29, 0.717) is 15.4 Å². The number of thioether (sulfide) groups is 1. The Balaban J connectivity index is 1.95. The van der Waals surface area contributed by atoms with Crippen molar-refractivity contribution >= 4 is 39.1 Å². The van der Waals surface area contributed by atoms with E-state index in [2.05, 4.69) is 0 Å². The molecule has 0 saturated carbocycles. The minimum absolute atomic E-state index is 0.0510. The molecule has 2 aromatic heterocycles. The van der Waals surface area contributed by atoms with Crippen molar-refractivity contribution in [3.63, 3.8) is 0 Å². The Labute approximate surface area is 170 Å². The van der Waals surface area contributed by atoms with Crippen molar-refractivity contribution in [3.8, 4) is 16.1 Å². The molecule has 6 heteroatoms. The van der Waals surface area contributed by atoms with Gasteiger partial charge in [-0.25, -0.2) is 4.98 Å². The predicted molar refractivity (Wildman–Crippen MR) is 117 cm³/mol. The molecule has 0 aliphatic carbocycles. The molecule has 1 unspecified atom stereocenters. The number of hydrogen-bond donors (Lipinski definition) is 0. The summed E-state index contributed by atoms with van der Waals surface area (Å²) < 4.78 is 1.61. The van der Waals surface area contributed by atoms with Gasteiger partial charge >= 0.3 is 0 Å². The molecule has 0 N–H and O–H groups in total. The molecule has 4 aromatic rings. The molecule has 2 aromatic carbocycles. The Morgan fingerprint density at radius 3 is 2.36 bits per heavy atom. The maximum absolute atomic E-state index is 13.4. The summed E-state index contributed by atoms with van der Waals surface area (Å²) in [5, 5.41) is 0.841. The van der Waals surface area contributed by atoms with Crippen LogP contribution in [0.2, 0.25) is 0 Å². The molecular weight excluding hydrogens is 388 g/mol. The van der Waals surface area contributed by atoms with E-state index in [0.717, 1.165) is 16.1 Å².